The van der Waals surface area contributed by atoms with Crippen molar-refractivity contribution in [3.8, 4) is 0 Å². The first kappa shape index (κ1) is 12.7. The van der Waals surface area contributed by atoms with E-state index in [4.69, 9.17) is 5.73 Å². The first-order valence-electron chi connectivity index (χ1n) is 4.41. The van der Waals surface area contributed by atoms with E-state index in [1.807, 2.05) is 0 Å². The maximum absolute atomic E-state index is 13.2. The summed E-state index contributed by atoms with van der Waals surface area (Å²) in [4.78, 5) is 11.5. The molecule has 0 heterocycles. The Bertz CT molecular complexity index is 409. The van der Waals surface area contributed by atoms with Crippen molar-refractivity contribution in [1.29, 1.82) is 0 Å². The zero-order valence-corrected chi connectivity index (χ0v) is 8.47. The highest BCUT2D eigenvalue weighted by Crippen LogP contribution is 2.16. The van der Waals surface area contributed by atoms with Gasteiger partial charge in [0.05, 0.1) is 18.2 Å². The lowest BCUT2D eigenvalue weighted by atomic mass is 10.0. The van der Waals surface area contributed by atoms with Crippen molar-refractivity contribution in [2.45, 2.75) is 6.04 Å². The summed E-state index contributed by atoms with van der Waals surface area (Å²) >= 11 is 0. The van der Waals surface area contributed by atoms with Crippen molar-refractivity contribution in [3.05, 3.63) is 35.1 Å². The Hall–Kier alpha value is -1.40. The van der Waals surface area contributed by atoms with Crippen LogP contribution in [-0.2, 0) is 4.74 Å². The predicted octanol–water partition coefficient (Wildman–Crippen LogP) is 1.26. The highest BCUT2D eigenvalue weighted by molar-refractivity contribution is 6.00. The number of rotatable bonds is 4. The number of carbonyl (C=O) groups is 1. The van der Waals surface area contributed by atoms with E-state index in [-0.39, 0.29) is 6.61 Å². The number of benzene rings is 1. The topological polar surface area (TPSA) is 52.3 Å². The average molecular weight is 233 g/mol. The number of hydrogen-bond donors (Lipinski definition) is 1. The molecule has 1 unspecified atom stereocenters. The van der Waals surface area contributed by atoms with Gasteiger partial charge >= 0.3 is 0 Å². The van der Waals surface area contributed by atoms with E-state index in [1.165, 1.54) is 7.11 Å². The SMILES string of the molecule is COCC(N)C(=O)c1ccc(F)c(F)c1F. The number of ether oxygens (including phenoxy) is 1. The van der Waals surface area contributed by atoms with Crippen LogP contribution in [0, 0.1) is 17.5 Å². The summed E-state index contributed by atoms with van der Waals surface area (Å²) in [5.41, 5.74) is 4.78. The van der Waals surface area contributed by atoms with Gasteiger partial charge in [-0.05, 0) is 12.1 Å². The lowest BCUT2D eigenvalue weighted by Crippen LogP contribution is -2.35. The normalized spacial score (nSPS) is 12.6. The second-order valence-corrected chi connectivity index (χ2v) is 3.15. The van der Waals surface area contributed by atoms with Crippen molar-refractivity contribution >= 4 is 5.78 Å². The molecule has 1 rings (SSSR count). The molecule has 16 heavy (non-hydrogen) atoms. The summed E-state index contributed by atoms with van der Waals surface area (Å²) in [5.74, 6) is -5.40. The fraction of sp³-hybridized carbons (Fsp3) is 0.300. The van der Waals surface area contributed by atoms with Gasteiger partial charge in [-0.2, -0.15) is 0 Å². The fourth-order valence-electron chi connectivity index (χ4n) is 1.17. The Kier molecular flexibility index (Phi) is 4.03. The molecule has 0 bridgehead atoms. The van der Waals surface area contributed by atoms with Crippen molar-refractivity contribution < 1.29 is 22.7 Å². The average Bonchev–Trinajstić information content (AvgIpc) is 2.26. The van der Waals surface area contributed by atoms with Crippen LogP contribution in [0.1, 0.15) is 10.4 Å². The monoisotopic (exact) mass is 233 g/mol. The number of nitrogens with two attached hydrogens (primary N) is 1. The molecule has 0 aromatic heterocycles. The van der Waals surface area contributed by atoms with E-state index in [9.17, 15) is 18.0 Å². The van der Waals surface area contributed by atoms with Crippen molar-refractivity contribution in [2.75, 3.05) is 13.7 Å². The van der Waals surface area contributed by atoms with E-state index >= 15 is 0 Å². The highest BCUT2D eigenvalue weighted by Gasteiger charge is 2.23. The number of methoxy groups -OCH3 is 1. The van der Waals surface area contributed by atoms with E-state index in [0.717, 1.165) is 6.07 Å². The highest BCUT2D eigenvalue weighted by atomic mass is 19.2. The molecule has 0 amide bonds. The van der Waals surface area contributed by atoms with Crippen LogP contribution in [0.2, 0.25) is 0 Å². The van der Waals surface area contributed by atoms with Crippen LogP contribution in [0.25, 0.3) is 0 Å². The molecule has 6 heteroatoms. The van der Waals surface area contributed by atoms with Crippen LogP contribution >= 0.6 is 0 Å². The van der Waals surface area contributed by atoms with Gasteiger partial charge in [-0.25, -0.2) is 13.2 Å². The third-order valence-electron chi connectivity index (χ3n) is 1.98. The van der Waals surface area contributed by atoms with Crippen molar-refractivity contribution in [2.24, 2.45) is 5.73 Å². The van der Waals surface area contributed by atoms with Crippen molar-refractivity contribution in [3.63, 3.8) is 0 Å². The summed E-state index contributed by atoms with van der Waals surface area (Å²) in [6.45, 7) is -0.128. The molecule has 88 valence electrons. The second kappa shape index (κ2) is 5.09. The molecule has 0 aliphatic carbocycles. The van der Waals surface area contributed by atoms with Gasteiger partial charge in [0.2, 0.25) is 0 Å². The molecule has 0 spiro atoms. The Morgan fingerprint density at radius 2 is 2.00 bits per heavy atom. The van der Waals surface area contributed by atoms with Gasteiger partial charge in [-0.3, -0.25) is 4.79 Å². The van der Waals surface area contributed by atoms with Gasteiger partial charge in [0, 0.05) is 7.11 Å². The van der Waals surface area contributed by atoms with Gasteiger partial charge in [0.25, 0.3) is 0 Å². The Morgan fingerprint density at radius 1 is 1.38 bits per heavy atom. The number of ketones is 1. The smallest absolute Gasteiger partial charge is 0.195 e. The molecular weight excluding hydrogens is 223 g/mol. The number of Topliss-reactive ketones (excluding diaryl/α,β-unsaturated/α-hetero) is 1. The number of halogens is 3. The maximum atomic E-state index is 13.2. The molecule has 1 aromatic rings. The zero-order valence-electron chi connectivity index (χ0n) is 8.47. The van der Waals surface area contributed by atoms with Gasteiger partial charge in [0.15, 0.2) is 23.2 Å². The summed E-state index contributed by atoms with van der Waals surface area (Å²) in [5, 5.41) is 0. The molecule has 0 saturated carbocycles. The lowest BCUT2D eigenvalue weighted by molar-refractivity contribution is 0.0887. The summed E-state index contributed by atoms with van der Waals surface area (Å²) in [6, 6.07) is 0.417. The van der Waals surface area contributed by atoms with Crippen LogP contribution in [-0.4, -0.2) is 25.5 Å². The Morgan fingerprint density at radius 3 is 2.56 bits per heavy atom. The second-order valence-electron chi connectivity index (χ2n) is 3.15. The quantitative estimate of drug-likeness (QED) is 0.629. The third kappa shape index (κ3) is 2.40. The molecule has 0 radical (unpaired) electrons. The third-order valence-corrected chi connectivity index (χ3v) is 1.98. The number of carbonyl (C=O) groups excluding carboxylic acids is 1. The van der Waals surface area contributed by atoms with E-state index in [1.54, 1.807) is 0 Å². The van der Waals surface area contributed by atoms with Gasteiger partial charge < -0.3 is 10.5 Å². The molecule has 1 atom stereocenters. The van der Waals surface area contributed by atoms with Crippen LogP contribution < -0.4 is 5.73 Å². The molecule has 0 aliphatic heterocycles. The number of hydrogen-bond acceptors (Lipinski definition) is 3. The van der Waals surface area contributed by atoms with E-state index in [2.05, 4.69) is 4.74 Å². The summed E-state index contributed by atoms with van der Waals surface area (Å²) in [7, 11) is 1.31. The lowest BCUT2D eigenvalue weighted by Gasteiger charge is -2.10. The van der Waals surface area contributed by atoms with Crippen LogP contribution in [0.3, 0.4) is 0 Å². The molecular formula is C10H10F3NO2. The summed E-state index contributed by atoms with van der Waals surface area (Å²) in [6.07, 6.45) is 0. The minimum atomic E-state index is -1.68. The predicted molar refractivity (Wildman–Crippen MR) is 50.5 cm³/mol. The zero-order chi connectivity index (χ0) is 12.3. The molecule has 3 nitrogen and oxygen atoms in total. The van der Waals surface area contributed by atoms with Crippen LogP contribution in [0.5, 0.6) is 0 Å². The first-order valence-corrected chi connectivity index (χ1v) is 4.41. The maximum Gasteiger partial charge on any atom is 0.195 e. The minimum Gasteiger partial charge on any atom is -0.383 e. The van der Waals surface area contributed by atoms with Gasteiger partial charge in [-0.15, -0.1) is 0 Å². The summed E-state index contributed by atoms with van der Waals surface area (Å²) < 4.78 is 43.2. The molecule has 1 aromatic carbocycles. The largest absolute Gasteiger partial charge is 0.383 e. The minimum absolute atomic E-state index is 0.128. The van der Waals surface area contributed by atoms with E-state index in [0.29, 0.717) is 6.07 Å². The first-order chi connectivity index (χ1) is 7.49. The molecule has 0 fully saturated rings. The van der Waals surface area contributed by atoms with Crippen LogP contribution in [0.4, 0.5) is 13.2 Å². The fourth-order valence-corrected chi connectivity index (χ4v) is 1.17. The van der Waals surface area contributed by atoms with E-state index < -0.39 is 34.8 Å². The molecule has 2 N–H and O–H groups in total. The molecule has 0 aliphatic rings. The van der Waals surface area contributed by atoms with Gasteiger partial charge in [-0.1, -0.05) is 0 Å². The molecule has 0 saturated heterocycles. The Balaban J connectivity index is 3.05. The van der Waals surface area contributed by atoms with Crippen LogP contribution in [0.15, 0.2) is 12.1 Å². The van der Waals surface area contributed by atoms with Crippen molar-refractivity contribution in [1.82, 2.24) is 0 Å². The van der Waals surface area contributed by atoms with Gasteiger partial charge in [0.1, 0.15) is 0 Å². The Labute approximate surface area is 90.0 Å². The standard InChI is InChI=1S/C10H10F3NO2/c1-16-4-7(14)10(15)5-2-3-6(11)9(13)8(5)12/h2-3,7H,4,14H2,1H3.